The van der Waals surface area contributed by atoms with Crippen molar-refractivity contribution in [3.63, 3.8) is 0 Å². The molecule has 1 fully saturated rings. The van der Waals surface area contributed by atoms with Crippen LogP contribution in [0.25, 0.3) is 5.57 Å². The van der Waals surface area contributed by atoms with Crippen LogP contribution in [0.3, 0.4) is 0 Å². The summed E-state index contributed by atoms with van der Waals surface area (Å²) in [5, 5.41) is 0.645. The summed E-state index contributed by atoms with van der Waals surface area (Å²) in [4.78, 5) is 21.6. The molecule has 1 saturated heterocycles. The summed E-state index contributed by atoms with van der Waals surface area (Å²) < 4.78 is 90.2. The number of hydrogen-bond donors (Lipinski definition) is 0. The number of hydrogen-bond acceptors (Lipinski definition) is 6. The largest absolute Gasteiger partial charge is 0.493 e. The fourth-order valence-corrected chi connectivity index (χ4v) is 5.14. The number of carbonyl (C=O) groups excluding carboxylic acids is 1. The van der Waals surface area contributed by atoms with Crippen molar-refractivity contribution in [1.82, 2.24) is 9.80 Å². The number of allylic oxidation sites excluding steroid dienone is 1. The number of benzene rings is 2. The summed E-state index contributed by atoms with van der Waals surface area (Å²) in [5.41, 5.74) is -2.02. The summed E-state index contributed by atoms with van der Waals surface area (Å²) in [6, 6.07) is 6.09. The molecule has 2 aliphatic rings. The monoisotopic (exact) mass is 573 g/mol. The highest BCUT2D eigenvalue weighted by molar-refractivity contribution is 8.18. The Morgan fingerprint density at radius 3 is 2.28 bits per heavy atom. The quantitative estimate of drug-likeness (QED) is 0.327. The predicted molar refractivity (Wildman–Crippen MR) is 135 cm³/mol. The SMILES string of the molecule is COc1cc(C(C)=C2SC(N3CCN(C)CC3)=NC2=O)ccc1OCc1ccc(C(F)(F)F)cc1C(F)(F)F. The van der Waals surface area contributed by atoms with Crippen LogP contribution in [0.2, 0.25) is 0 Å². The summed E-state index contributed by atoms with van der Waals surface area (Å²) in [6.07, 6.45) is -9.92. The normalized spacial score (nSPS) is 18.3. The number of likely N-dealkylation sites (N-methyl/N-ethyl adjacent to an activating group) is 1. The fraction of sp³-hybridized carbons (Fsp3) is 0.385. The van der Waals surface area contributed by atoms with Crippen molar-refractivity contribution < 1.29 is 40.6 Å². The summed E-state index contributed by atoms with van der Waals surface area (Å²) in [6.45, 7) is 4.37. The third kappa shape index (κ3) is 6.52. The van der Waals surface area contributed by atoms with Gasteiger partial charge < -0.3 is 19.3 Å². The van der Waals surface area contributed by atoms with E-state index in [1.54, 1.807) is 19.1 Å². The van der Waals surface area contributed by atoms with Gasteiger partial charge in [0.25, 0.3) is 5.91 Å². The van der Waals surface area contributed by atoms with Gasteiger partial charge in [0.05, 0.1) is 23.1 Å². The van der Waals surface area contributed by atoms with Gasteiger partial charge in [-0.25, -0.2) is 0 Å². The van der Waals surface area contributed by atoms with Crippen LogP contribution in [0.1, 0.15) is 29.2 Å². The van der Waals surface area contributed by atoms with Gasteiger partial charge in [0.15, 0.2) is 16.7 Å². The minimum Gasteiger partial charge on any atom is -0.493 e. The van der Waals surface area contributed by atoms with Gasteiger partial charge in [-0.1, -0.05) is 12.1 Å². The highest BCUT2D eigenvalue weighted by Crippen LogP contribution is 2.40. The number of ether oxygens (including phenoxy) is 2. The molecule has 0 aliphatic carbocycles. The van der Waals surface area contributed by atoms with Gasteiger partial charge in [0.2, 0.25) is 0 Å². The van der Waals surface area contributed by atoms with Gasteiger partial charge in [0.1, 0.15) is 6.61 Å². The minimum absolute atomic E-state index is 0.0727. The Hall–Kier alpha value is -3.19. The van der Waals surface area contributed by atoms with E-state index in [0.29, 0.717) is 27.3 Å². The number of aliphatic imine (C=N–C) groups is 1. The number of amidine groups is 1. The Balaban J connectivity index is 1.53. The standard InChI is InChI=1S/C26H25F6N3O3S/c1-15(22-23(36)33-24(39-22)35-10-8-34(2)9-11-35)16-5-7-20(21(12-16)37-3)38-14-17-4-6-18(25(27,28)29)13-19(17)26(30,31)32/h4-7,12-13H,8-11,14H2,1-3H3. The maximum Gasteiger partial charge on any atom is 0.416 e. The lowest BCUT2D eigenvalue weighted by Gasteiger charge is -2.33. The number of halogens is 6. The first kappa shape index (κ1) is 28.8. The van der Waals surface area contributed by atoms with Crippen molar-refractivity contribution in [2.45, 2.75) is 25.9 Å². The molecule has 1 amide bonds. The van der Waals surface area contributed by atoms with Crippen LogP contribution in [0, 0.1) is 0 Å². The number of amides is 1. The third-order valence-electron chi connectivity index (χ3n) is 6.42. The smallest absolute Gasteiger partial charge is 0.416 e. The van der Waals surface area contributed by atoms with Gasteiger partial charge >= 0.3 is 12.4 Å². The summed E-state index contributed by atoms with van der Waals surface area (Å²) >= 11 is 1.29. The lowest BCUT2D eigenvalue weighted by Crippen LogP contribution is -2.46. The zero-order chi connectivity index (χ0) is 28.5. The number of alkyl halides is 6. The highest BCUT2D eigenvalue weighted by atomic mass is 32.2. The Morgan fingerprint density at radius 1 is 0.974 bits per heavy atom. The molecule has 2 aliphatic heterocycles. The minimum atomic E-state index is -5.01. The first-order chi connectivity index (χ1) is 18.3. The lowest BCUT2D eigenvalue weighted by atomic mass is 10.0. The molecule has 0 saturated carbocycles. The van der Waals surface area contributed by atoms with Crippen LogP contribution < -0.4 is 9.47 Å². The van der Waals surface area contributed by atoms with Crippen molar-refractivity contribution in [3.05, 3.63) is 63.6 Å². The highest BCUT2D eigenvalue weighted by Gasteiger charge is 2.38. The van der Waals surface area contributed by atoms with Gasteiger partial charge in [-0.2, -0.15) is 31.3 Å². The van der Waals surface area contributed by atoms with Crippen LogP contribution in [0.5, 0.6) is 11.5 Å². The van der Waals surface area contributed by atoms with E-state index in [9.17, 15) is 31.1 Å². The lowest BCUT2D eigenvalue weighted by molar-refractivity contribution is -0.143. The molecule has 2 aromatic carbocycles. The van der Waals surface area contributed by atoms with Gasteiger partial charge in [0, 0.05) is 31.7 Å². The summed E-state index contributed by atoms with van der Waals surface area (Å²) in [7, 11) is 3.37. The van der Waals surface area contributed by atoms with E-state index in [0.717, 1.165) is 32.2 Å². The number of carbonyl (C=O) groups is 1. The van der Waals surface area contributed by atoms with E-state index >= 15 is 0 Å². The molecule has 0 aromatic heterocycles. The average molecular weight is 574 g/mol. The zero-order valence-corrected chi connectivity index (χ0v) is 22.1. The van der Waals surface area contributed by atoms with Crippen LogP contribution in [0.15, 0.2) is 46.3 Å². The van der Waals surface area contributed by atoms with E-state index in [-0.39, 0.29) is 23.5 Å². The molecule has 0 unspecified atom stereocenters. The zero-order valence-electron chi connectivity index (χ0n) is 21.2. The molecule has 0 radical (unpaired) electrons. The fourth-order valence-electron chi connectivity index (χ4n) is 4.11. The molecule has 2 heterocycles. The maximum atomic E-state index is 13.5. The second-order valence-corrected chi connectivity index (χ2v) is 10.0. The van der Waals surface area contributed by atoms with Crippen LogP contribution >= 0.6 is 11.8 Å². The molecule has 210 valence electrons. The number of rotatable bonds is 5. The van der Waals surface area contributed by atoms with Gasteiger partial charge in [-0.3, -0.25) is 4.79 Å². The number of thioether (sulfide) groups is 1. The molecule has 4 rings (SSSR count). The van der Waals surface area contributed by atoms with Gasteiger partial charge in [-0.05, 0) is 61.1 Å². The molecule has 0 atom stereocenters. The first-order valence-corrected chi connectivity index (χ1v) is 12.6. The molecule has 13 heteroatoms. The van der Waals surface area contributed by atoms with E-state index in [2.05, 4.69) is 14.8 Å². The molecule has 0 N–H and O–H groups in total. The van der Waals surface area contributed by atoms with Crippen LogP contribution in [-0.4, -0.2) is 61.2 Å². The second-order valence-electron chi connectivity index (χ2n) is 9.07. The number of methoxy groups -OCH3 is 1. The van der Waals surface area contributed by atoms with E-state index < -0.39 is 35.6 Å². The van der Waals surface area contributed by atoms with Crippen molar-refractivity contribution in [1.29, 1.82) is 0 Å². The van der Waals surface area contributed by atoms with Crippen molar-refractivity contribution in [3.8, 4) is 11.5 Å². The van der Waals surface area contributed by atoms with E-state index in [1.807, 2.05) is 7.05 Å². The molecule has 0 bridgehead atoms. The molecule has 6 nitrogen and oxygen atoms in total. The molecule has 0 spiro atoms. The molecular weight excluding hydrogens is 548 g/mol. The Morgan fingerprint density at radius 2 is 1.67 bits per heavy atom. The first-order valence-electron chi connectivity index (χ1n) is 11.8. The molecular formula is C26H25F6N3O3S. The van der Waals surface area contributed by atoms with E-state index in [4.69, 9.17) is 9.47 Å². The third-order valence-corrected chi connectivity index (χ3v) is 7.64. The van der Waals surface area contributed by atoms with Crippen molar-refractivity contribution in [2.75, 3.05) is 40.3 Å². The molecule has 39 heavy (non-hydrogen) atoms. The van der Waals surface area contributed by atoms with Crippen LogP contribution in [-0.2, 0) is 23.8 Å². The van der Waals surface area contributed by atoms with Gasteiger partial charge in [-0.15, -0.1) is 0 Å². The topological polar surface area (TPSA) is 54.4 Å². The van der Waals surface area contributed by atoms with Crippen molar-refractivity contribution in [2.24, 2.45) is 4.99 Å². The number of piperazine rings is 1. The Bertz CT molecular complexity index is 1310. The van der Waals surface area contributed by atoms with Crippen molar-refractivity contribution >= 4 is 28.4 Å². The average Bonchev–Trinajstić information content (AvgIpc) is 3.27. The van der Waals surface area contributed by atoms with Crippen LogP contribution in [0.4, 0.5) is 26.3 Å². The maximum absolute atomic E-state index is 13.5. The second kappa shape index (κ2) is 11.1. The Labute approximate surface area is 225 Å². The number of nitrogens with zero attached hydrogens (tertiary/aromatic N) is 3. The predicted octanol–water partition coefficient (Wildman–Crippen LogP) is 5.92. The summed E-state index contributed by atoms with van der Waals surface area (Å²) in [5.74, 6) is -0.0804. The van der Waals surface area contributed by atoms with E-state index in [1.165, 1.54) is 24.9 Å². The molecule has 2 aromatic rings. The Kier molecular flexibility index (Phi) is 8.22.